The average Bonchev–Trinajstić information content (AvgIpc) is 2.78. The third-order valence-corrected chi connectivity index (χ3v) is 3.13. The molecule has 0 bridgehead atoms. The van der Waals surface area contributed by atoms with Gasteiger partial charge in [-0.25, -0.2) is 9.78 Å². The number of pyridine rings is 1. The molecule has 0 radical (unpaired) electrons. The molecule has 0 aromatic carbocycles. The first kappa shape index (κ1) is 12.4. The molecule has 0 spiro atoms. The van der Waals surface area contributed by atoms with Crippen LogP contribution < -0.4 is 4.90 Å². The van der Waals surface area contributed by atoms with Crippen molar-refractivity contribution in [1.82, 2.24) is 4.98 Å². The van der Waals surface area contributed by atoms with Crippen molar-refractivity contribution in [2.24, 2.45) is 0 Å². The van der Waals surface area contributed by atoms with Gasteiger partial charge in [-0.2, -0.15) is 0 Å². The largest absolute Gasteiger partial charge is 0.480 e. The van der Waals surface area contributed by atoms with Crippen LogP contribution in [0.1, 0.15) is 20.8 Å². The fraction of sp³-hybridized carbons (Fsp3) is 0.385. The highest BCUT2D eigenvalue weighted by Gasteiger charge is 2.35. The van der Waals surface area contributed by atoms with Gasteiger partial charge in [0.15, 0.2) is 0 Å². The summed E-state index contributed by atoms with van der Waals surface area (Å²) >= 11 is 0. The van der Waals surface area contributed by atoms with Crippen LogP contribution in [0.3, 0.4) is 0 Å². The zero-order chi connectivity index (χ0) is 13.3. The molecule has 0 unspecified atom stereocenters. The van der Waals surface area contributed by atoms with Crippen molar-refractivity contribution in [2.75, 3.05) is 11.4 Å². The molecule has 0 amide bonds. The summed E-state index contributed by atoms with van der Waals surface area (Å²) in [6.45, 7) is 5.79. The number of hydrogen-bond acceptors (Lipinski definition) is 4. The van der Waals surface area contributed by atoms with Gasteiger partial charge in [-0.05, 0) is 32.9 Å². The summed E-state index contributed by atoms with van der Waals surface area (Å²) in [4.78, 5) is 17.4. The maximum atomic E-state index is 11.4. The maximum Gasteiger partial charge on any atom is 0.328 e. The fourth-order valence-corrected chi connectivity index (χ4v) is 2.02. The van der Waals surface area contributed by atoms with E-state index >= 15 is 0 Å². The van der Waals surface area contributed by atoms with E-state index in [4.69, 9.17) is 4.42 Å². The molecule has 0 fully saturated rings. The number of nitrogens with zero attached hydrogens (tertiary/aromatic N) is 2. The lowest BCUT2D eigenvalue weighted by atomic mass is 10.0. The van der Waals surface area contributed by atoms with Gasteiger partial charge in [0.1, 0.15) is 16.9 Å². The topological polar surface area (TPSA) is 66.6 Å². The van der Waals surface area contributed by atoms with Crippen LogP contribution in [0, 0.1) is 0 Å². The molecule has 18 heavy (non-hydrogen) atoms. The number of aliphatic carboxylic acids is 1. The van der Waals surface area contributed by atoms with E-state index < -0.39 is 11.5 Å². The quantitative estimate of drug-likeness (QED) is 0.900. The molecule has 0 aliphatic carbocycles. The predicted molar refractivity (Wildman–Crippen MR) is 68.7 cm³/mol. The molecule has 1 N–H and O–H groups in total. The lowest BCUT2D eigenvalue weighted by Gasteiger charge is -2.35. The van der Waals surface area contributed by atoms with Crippen LogP contribution in [0.25, 0.3) is 11.0 Å². The Morgan fingerprint density at radius 3 is 2.83 bits per heavy atom. The summed E-state index contributed by atoms with van der Waals surface area (Å²) in [5.41, 5.74) is -0.313. The van der Waals surface area contributed by atoms with Crippen molar-refractivity contribution in [2.45, 2.75) is 26.3 Å². The van der Waals surface area contributed by atoms with E-state index in [1.54, 1.807) is 43.3 Å². The second-order valence-corrected chi connectivity index (χ2v) is 4.58. The standard InChI is InChI=1S/C13H16N2O3/c1-4-15(13(2,3)12(16)17)11-9-6-8-18-10(9)5-7-14-11/h5-8H,4H2,1-3H3,(H,16,17). The molecule has 2 aromatic rings. The van der Waals surface area contributed by atoms with Gasteiger partial charge in [0.05, 0.1) is 11.6 Å². The lowest BCUT2D eigenvalue weighted by molar-refractivity contribution is -0.142. The van der Waals surface area contributed by atoms with Crippen molar-refractivity contribution in [3.63, 3.8) is 0 Å². The molecule has 5 heteroatoms. The summed E-state index contributed by atoms with van der Waals surface area (Å²) in [5, 5.41) is 10.2. The number of rotatable bonds is 4. The molecule has 0 saturated heterocycles. The maximum absolute atomic E-state index is 11.4. The van der Waals surface area contributed by atoms with Gasteiger partial charge in [0.25, 0.3) is 0 Å². The Balaban J connectivity index is 2.57. The zero-order valence-corrected chi connectivity index (χ0v) is 10.7. The van der Waals surface area contributed by atoms with Gasteiger partial charge >= 0.3 is 5.97 Å². The highest BCUT2D eigenvalue weighted by Crippen LogP contribution is 2.30. The number of furan rings is 1. The molecule has 0 aliphatic rings. The smallest absolute Gasteiger partial charge is 0.328 e. The summed E-state index contributed by atoms with van der Waals surface area (Å²) in [6.07, 6.45) is 3.21. The van der Waals surface area contributed by atoms with E-state index in [2.05, 4.69) is 4.98 Å². The summed E-state index contributed by atoms with van der Waals surface area (Å²) < 4.78 is 5.31. The number of aromatic nitrogens is 1. The highest BCUT2D eigenvalue weighted by atomic mass is 16.4. The van der Waals surface area contributed by atoms with Crippen molar-refractivity contribution in [3.05, 3.63) is 24.6 Å². The van der Waals surface area contributed by atoms with Crippen LogP contribution in [-0.4, -0.2) is 28.1 Å². The minimum Gasteiger partial charge on any atom is -0.480 e. The number of carboxylic acids is 1. The third-order valence-electron chi connectivity index (χ3n) is 3.13. The second kappa shape index (κ2) is 4.33. The van der Waals surface area contributed by atoms with E-state index in [-0.39, 0.29) is 0 Å². The Labute approximate surface area is 105 Å². The Hall–Kier alpha value is -2.04. The minimum absolute atomic E-state index is 0.552. The van der Waals surface area contributed by atoms with Crippen molar-refractivity contribution < 1.29 is 14.3 Å². The zero-order valence-electron chi connectivity index (χ0n) is 10.7. The Kier molecular flexibility index (Phi) is 2.98. The Morgan fingerprint density at radius 2 is 2.22 bits per heavy atom. The van der Waals surface area contributed by atoms with Crippen LogP contribution >= 0.6 is 0 Å². The number of anilines is 1. The number of carbonyl (C=O) groups is 1. The van der Waals surface area contributed by atoms with E-state index in [1.165, 1.54) is 0 Å². The van der Waals surface area contributed by atoms with Crippen LogP contribution in [-0.2, 0) is 4.79 Å². The molecule has 0 atom stereocenters. The number of fused-ring (bicyclic) bond motifs is 1. The summed E-state index contributed by atoms with van der Waals surface area (Å²) in [5.74, 6) is -0.247. The van der Waals surface area contributed by atoms with Gasteiger partial charge in [0, 0.05) is 12.7 Å². The van der Waals surface area contributed by atoms with Crippen molar-refractivity contribution >= 4 is 22.8 Å². The van der Waals surface area contributed by atoms with Gasteiger partial charge in [-0.1, -0.05) is 0 Å². The molecule has 0 saturated carbocycles. The molecule has 2 aromatic heterocycles. The first-order valence-corrected chi connectivity index (χ1v) is 5.81. The first-order valence-electron chi connectivity index (χ1n) is 5.81. The number of hydrogen-bond donors (Lipinski definition) is 1. The summed E-state index contributed by atoms with van der Waals surface area (Å²) in [7, 11) is 0. The fourth-order valence-electron chi connectivity index (χ4n) is 2.02. The number of likely N-dealkylation sites (N-methyl/N-ethyl adjacent to an activating group) is 1. The molecular formula is C13H16N2O3. The molecule has 2 rings (SSSR count). The van der Waals surface area contributed by atoms with Crippen LogP contribution in [0.2, 0.25) is 0 Å². The van der Waals surface area contributed by atoms with Gasteiger partial charge in [-0.3, -0.25) is 0 Å². The third kappa shape index (κ3) is 1.81. The van der Waals surface area contributed by atoms with E-state index in [0.29, 0.717) is 17.9 Å². The van der Waals surface area contributed by atoms with E-state index in [1.807, 2.05) is 6.92 Å². The second-order valence-electron chi connectivity index (χ2n) is 4.58. The van der Waals surface area contributed by atoms with Gasteiger partial charge < -0.3 is 14.4 Å². The Bertz CT molecular complexity index is 574. The monoisotopic (exact) mass is 248 g/mol. The normalized spacial score (nSPS) is 11.7. The average molecular weight is 248 g/mol. The molecule has 0 aliphatic heterocycles. The molecular weight excluding hydrogens is 232 g/mol. The van der Waals surface area contributed by atoms with Crippen LogP contribution in [0.15, 0.2) is 29.0 Å². The number of carboxylic acid groups (broad SMARTS) is 1. The molecule has 96 valence electrons. The van der Waals surface area contributed by atoms with Crippen LogP contribution in [0.5, 0.6) is 0 Å². The SMILES string of the molecule is CCN(c1nccc2occc12)C(C)(C)C(=O)O. The van der Waals surface area contributed by atoms with Crippen molar-refractivity contribution in [1.29, 1.82) is 0 Å². The van der Waals surface area contributed by atoms with Crippen LogP contribution in [0.4, 0.5) is 5.82 Å². The minimum atomic E-state index is -1.02. The van der Waals surface area contributed by atoms with E-state index in [0.717, 1.165) is 5.39 Å². The Morgan fingerprint density at radius 1 is 1.50 bits per heavy atom. The highest BCUT2D eigenvalue weighted by molar-refractivity contribution is 5.92. The van der Waals surface area contributed by atoms with Crippen molar-refractivity contribution in [3.8, 4) is 0 Å². The lowest BCUT2D eigenvalue weighted by Crippen LogP contribution is -2.50. The predicted octanol–water partition coefficient (Wildman–Crippen LogP) is 2.52. The van der Waals surface area contributed by atoms with E-state index in [9.17, 15) is 9.90 Å². The van der Waals surface area contributed by atoms with Gasteiger partial charge in [0.2, 0.25) is 0 Å². The molecule has 2 heterocycles. The summed E-state index contributed by atoms with van der Waals surface area (Å²) in [6, 6.07) is 3.57. The first-order chi connectivity index (χ1) is 8.48. The molecule has 5 nitrogen and oxygen atoms in total. The van der Waals surface area contributed by atoms with Gasteiger partial charge in [-0.15, -0.1) is 0 Å².